The van der Waals surface area contributed by atoms with E-state index >= 15 is 0 Å². The molecular formula is C14H21ClN2. The number of halogens is 1. The lowest BCUT2D eigenvalue weighted by atomic mass is 10.1. The third kappa shape index (κ3) is 3.98. The lowest BCUT2D eigenvalue weighted by Crippen LogP contribution is -2.38. The average Bonchev–Trinajstić information content (AvgIpc) is 2.54. The molecule has 0 saturated carbocycles. The van der Waals surface area contributed by atoms with Crippen molar-refractivity contribution in [2.45, 2.75) is 25.8 Å². The summed E-state index contributed by atoms with van der Waals surface area (Å²) in [6, 6.07) is 8.85. The van der Waals surface area contributed by atoms with Crippen molar-refractivity contribution in [1.29, 1.82) is 0 Å². The van der Waals surface area contributed by atoms with E-state index in [4.69, 9.17) is 11.6 Å². The van der Waals surface area contributed by atoms with E-state index in [1.807, 2.05) is 12.1 Å². The highest BCUT2D eigenvalue weighted by molar-refractivity contribution is 6.30. The van der Waals surface area contributed by atoms with Crippen LogP contribution in [0.3, 0.4) is 0 Å². The van der Waals surface area contributed by atoms with Crippen LogP contribution in [0, 0.1) is 0 Å². The Bertz CT molecular complexity index is 337. The van der Waals surface area contributed by atoms with Gasteiger partial charge < -0.3 is 5.32 Å². The highest BCUT2D eigenvalue weighted by Gasteiger charge is 2.15. The SMILES string of the molecule is CC1CNCCCN1CCc1ccc(Cl)cc1. The van der Waals surface area contributed by atoms with Crippen LogP contribution < -0.4 is 5.32 Å². The lowest BCUT2D eigenvalue weighted by molar-refractivity contribution is 0.225. The predicted molar refractivity (Wildman–Crippen MR) is 73.7 cm³/mol. The number of benzene rings is 1. The molecule has 94 valence electrons. The van der Waals surface area contributed by atoms with E-state index in [-0.39, 0.29) is 0 Å². The smallest absolute Gasteiger partial charge is 0.0406 e. The normalized spacial score (nSPS) is 22.4. The second kappa shape index (κ2) is 6.39. The summed E-state index contributed by atoms with van der Waals surface area (Å²) in [6.07, 6.45) is 2.37. The Morgan fingerprint density at radius 2 is 2.12 bits per heavy atom. The minimum absolute atomic E-state index is 0.643. The molecule has 0 amide bonds. The Kier molecular flexibility index (Phi) is 4.84. The first-order valence-corrected chi connectivity index (χ1v) is 6.83. The van der Waals surface area contributed by atoms with Crippen LogP contribution in [0.25, 0.3) is 0 Å². The number of nitrogens with one attached hydrogen (secondary N) is 1. The van der Waals surface area contributed by atoms with E-state index in [0.717, 1.165) is 31.1 Å². The van der Waals surface area contributed by atoms with Gasteiger partial charge >= 0.3 is 0 Å². The molecule has 1 saturated heterocycles. The fourth-order valence-electron chi connectivity index (χ4n) is 2.32. The number of hydrogen-bond acceptors (Lipinski definition) is 2. The molecule has 1 N–H and O–H groups in total. The Morgan fingerprint density at radius 3 is 2.88 bits per heavy atom. The molecule has 1 aliphatic heterocycles. The van der Waals surface area contributed by atoms with E-state index in [2.05, 4.69) is 29.3 Å². The Morgan fingerprint density at radius 1 is 1.35 bits per heavy atom. The van der Waals surface area contributed by atoms with Gasteiger partial charge in [0.05, 0.1) is 0 Å². The van der Waals surface area contributed by atoms with Crippen LogP contribution in [-0.2, 0) is 6.42 Å². The van der Waals surface area contributed by atoms with Gasteiger partial charge in [0, 0.05) is 24.2 Å². The quantitative estimate of drug-likeness (QED) is 0.890. The van der Waals surface area contributed by atoms with E-state index in [1.165, 1.54) is 18.5 Å². The predicted octanol–water partition coefficient (Wildman–Crippen LogP) is 2.57. The van der Waals surface area contributed by atoms with Gasteiger partial charge in [-0.1, -0.05) is 23.7 Å². The van der Waals surface area contributed by atoms with Crippen molar-refractivity contribution in [2.75, 3.05) is 26.2 Å². The largest absolute Gasteiger partial charge is 0.315 e. The molecule has 2 rings (SSSR count). The lowest BCUT2D eigenvalue weighted by Gasteiger charge is -2.26. The second-order valence-electron chi connectivity index (χ2n) is 4.82. The monoisotopic (exact) mass is 252 g/mol. The number of hydrogen-bond donors (Lipinski definition) is 1. The summed E-state index contributed by atoms with van der Waals surface area (Å²) in [5, 5.41) is 4.29. The van der Waals surface area contributed by atoms with Crippen molar-refractivity contribution in [3.63, 3.8) is 0 Å². The van der Waals surface area contributed by atoms with Crippen molar-refractivity contribution < 1.29 is 0 Å². The number of nitrogens with zero attached hydrogens (tertiary/aromatic N) is 1. The molecule has 0 aliphatic carbocycles. The topological polar surface area (TPSA) is 15.3 Å². The van der Waals surface area contributed by atoms with Crippen molar-refractivity contribution >= 4 is 11.6 Å². The highest BCUT2D eigenvalue weighted by atomic mass is 35.5. The van der Waals surface area contributed by atoms with E-state index in [1.54, 1.807) is 0 Å². The first-order valence-electron chi connectivity index (χ1n) is 6.45. The van der Waals surface area contributed by atoms with Crippen molar-refractivity contribution in [1.82, 2.24) is 10.2 Å². The number of rotatable bonds is 3. The van der Waals surface area contributed by atoms with E-state index in [0.29, 0.717) is 6.04 Å². The summed E-state index contributed by atoms with van der Waals surface area (Å²) in [5.74, 6) is 0. The zero-order chi connectivity index (χ0) is 12.1. The van der Waals surface area contributed by atoms with Crippen LogP contribution in [0.2, 0.25) is 5.02 Å². The molecular weight excluding hydrogens is 232 g/mol. The molecule has 1 fully saturated rings. The zero-order valence-electron chi connectivity index (χ0n) is 10.5. The molecule has 1 aromatic rings. The maximum absolute atomic E-state index is 5.89. The van der Waals surface area contributed by atoms with Gasteiger partial charge in [0.25, 0.3) is 0 Å². The van der Waals surface area contributed by atoms with Crippen LogP contribution in [0.5, 0.6) is 0 Å². The van der Waals surface area contributed by atoms with Crippen LogP contribution >= 0.6 is 11.6 Å². The molecule has 0 radical (unpaired) electrons. The molecule has 17 heavy (non-hydrogen) atoms. The van der Waals surface area contributed by atoms with Gasteiger partial charge in [-0.05, 0) is 50.6 Å². The average molecular weight is 253 g/mol. The summed E-state index contributed by atoms with van der Waals surface area (Å²) in [4.78, 5) is 2.58. The molecule has 3 heteroatoms. The Labute approximate surface area is 109 Å². The van der Waals surface area contributed by atoms with Crippen molar-refractivity contribution in [3.8, 4) is 0 Å². The van der Waals surface area contributed by atoms with Crippen LogP contribution in [-0.4, -0.2) is 37.1 Å². The maximum atomic E-state index is 5.89. The van der Waals surface area contributed by atoms with Gasteiger partial charge in [-0.3, -0.25) is 4.90 Å². The molecule has 0 bridgehead atoms. The summed E-state index contributed by atoms with van der Waals surface area (Å²) in [5.41, 5.74) is 1.37. The molecule has 1 aliphatic rings. The summed E-state index contributed by atoms with van der Waals surface area (Å²) in [7, 11) is 0. The third-order valence-electron chi connectivity index (χ3n) is 3.46. The fraction of sp³-hybridized carbons (Fsp3) is 0.571. The summed E-state index contributed by atoms with van der Waals surface area (Å²) >= 11 is 5.89. The third-order valence-corrected chi connectivity index (χ3v) is 3.71. The van der Waals surface area contributed by atoms with Gasteiger partial charge in [0.15, 0.2) is 0 Å². The van der Waals surface area contributed by atoms with E-state index < -0.39 is 0 Å². The highest BCUT2D eigenvalue weighted by Crippen LogP contribution is 2.11. The first-order chi connectivity index (χ1) is 8.25. The summed E-state index contributed by atoms with van der Waals surface area (Å²) < 4.78 is 0. The van der Waals surface area contributed by atoms with Crippen LogP contribution in [0.15, 0.2) is 24.3 Å². The minimum Gasteiger partial charge on any atom is -0.315 e. The standard InChI is InChI=1S/C14H21ClN2/c1-12-11-16-8-2-9-17(12)10-7-13-3-5-14(15)6-4-13/h3-6,12,16H,2,7-11H2,1H3. The molecule has 0 spiro atoms. The molecule has 1 unspecified atom stereocenters. The van der Waals surface area contributed by atoms with E-state index in [9.17, 15) is 0 Å². The van der Waals surface area contributed by atoms with Crippen LogP contribution in [0.4, 0.5) is 0 Å². The van der Waals surface area contributed by atoms with Crippen LogP contribution in [0.1, 0.15) is 18.9 Å². The van der Waals surface area contributed by atoms with Gasteiger partial charge in [0.2, 0.25) is 0 Å². The molecule has 1 atom stereocenters. The molecule has 1 heterocycles. The Hall–Kier alpha value is -0.570. The van der Waals surface area contributed by atoms with Gasteiger partial charge in [-0.25, -0.2) is 0 Å². The maximum Gasteiger partial charge on any atom is 0.0406 e. The zero-order valence-corrected chi connectivity index (χ0v) is 11.2. The fourth-order valence-corrected chi connectivity index (χ4v) is 2.45. The van der Waals surface area contributed by atoms with Gasteiger partial charge in [-0.2, -0.15) is 0 Å². The van der Waals surface area contributed by atoms with Gasteiger partial charge in [-0.15, -0.1) is 0 Å². The minimum atomic E-state index is 0.643. The Balaban J connectivity index is 1.85. The molecule has 0 aromatic heterocycles. The van der Waals surface area contributed by atoms with Crippen molar-refractivity contribution in [2.24, 2.45) is 0 Å². The van der Waals surface area contributed by atoms with Gasteiger partial charge in [0.1, 0.15) is 0 Å². The molecule has 2 nitrogen and oxygen atoms in total. The van der Waals surface area contributed by atoms with Crippen molar-refractivity contribution in [3.05, 3.63) is 34.9 Å². The summed E-state index contributed by atoms with van der Waals surface area (Å²) in [6.45, 7) is 6.93. The first kappa shape index (κ1) is 12.9. The molecule has 1 aromatic carbocycles. The second-order valence-corrected chi connectivity index (χ2v) is 5.26.